The summed E-state index contributed by atoms with van der Waals surface area (Å²) in [6, 6.07) is 0. The highest BCUT2D eigenvalue weighted by Gasteiger charge is 2.00. The minimum atomic E-state index is -0.611. The van der Waals surface area contributed by atoms with Crippen LogP contribution in [0.15, 0.2) is 0 Å². The van der Waals surface area contributed by atoms with Gasteiger partial charge in [0.15, 0.2) is 0 Å². The fourth-order valence-corrected chi connectivity index (χ4v) is 0.715. The van der Waals surface area contributed by atoms with E-state index in [0.29, 0.717) is 25.7 Å². The molecule has 16 heavy (non-hydrogen) atoms. The SMILES string of the molecule is C[S+](C)[O-].NNC(=O)CCCCC(=O)NN. The largest absolute Gasteiger partial charge is 0.617 e. The number of hydrogen-bond donors (Lipinski definition) is 4. The van der Waals surface area contributed by atoms with Crippen LogP contribution in [0.3, 0.4) is 0 Å². The lowest BCUT2D eigenvalue weighted by Crippen LogP contribution is -2.30. The standard InChI is InChI=1S/C6H14N4O2.C2H6OS/c7-9-5(11)3-1-2-4-6(12)10-8;1-4(2)3/h1-4,7-8H2,(H,9,11)(H,10,12);1-2H3. The first kappa shape index (κ1) is 17.6. The van der Waals surface area contributed by atoms with Crippen molar-refractivity contribution in [3.05, 3.63) is 0 Å². The minimum absolute atomic E-state index is 0.219. The highest BCUT2D eigenvalue weighted by Crippen LogP contribution is 1.98. The Hall–Kier alpha value is -0.830. The van der Waals surface area contributed by atoms with Crippen LogP contribution in [0, 0.1) is 0 Å². The normalized spacial score (nSPS) is 9.12. The Morgan fingerprint density at radius 2 is 1.31 bits per heavy atom. The second-order valence-electron chi connectivity index (χ2n) is 3.08. The summed E-state index contributed by atoms with van der Waals surface area (Å²) in [7, 11) is 0. The van der Waals surface area contributed by atoms with Crippen molar-refractivity contribution in [1.29, 1.82) is 0 Å². The van der Waals surface area contributed by atoms with Gasteiger partial charge >= 0.3 is 0 Å². The van der Waals surface area contributed by atoms with Crippen molar-refractivity contribution in [3.63, 3.8) is 0 Å². The zero-order chi connectivity index (χ0) is 13.0. The molecule has 96 valence electrons. The monoisotopic (exact) mass is 252 g/mol. The molecule has 0 saturated heterocycles. The predicted molar refractivity (Wildman–Crippen MR) is 63.1 cm³/mol. The third-order valence-corrected chi connectivity index (χ3v) is 1.38. The number of amides is 2. The van der Waals surface area contributed by atoms with Crippen molar-refractivity contribution >= 4 is 23.0 Å². The Kier molecular flexibility index (Phi) is 13.4. The van der Waals surface area contributed by atoms with Crippen molar-refractivity contribution in [1.82, 2.24) is 10.9 Å². The van der Waals surface area contributed by atoms with E-state index in [0.717, 1.165) is 0 Å². The highest BCUT2D eigenvalue weighted by molar-refractivity contribution is 7.89. The van der Waals surface area contributed by atoms with Crippen LogP contribution in [-0.2, 0) is 20.8 Å². The van der Waals surface area contributed by atoms with Crippen molar-refractivity contribution < 1.29 is 14.1 Å². The van der Waals surface area contributed by atoms with E-state index in [2.05, 4.69) is 0 Å². The van der Waals surface area contributed by atoms with Crippen molar-refractivity contribution in [2.75, 3.05) is 12.5 Å². The number of carbonyl (C=O) groups excluding carboxylic acids is 2. The lowest BCUT2D eigenvalue weighted by Gasteiger charge is -1.99. The van der Waals surface area contributed by atoms with Crippen molar-refractivity contribution in [3.8, 4) is 0 Å². The number of nitrogens with two attached hydrogens (primary N) is 2. The topological polar surface area (TPSA) is 133 Å². The maximum atomic E-state index is 10.6. The average Bonchev–Trinajstić information content (AvgIpc) is 2.22. The minimum Gasteiger partial charge on any atom is -0.617 e. The van der Waals surface area contributed by atoms with Crippen LogP contribution < -0.4 is 22.5 Å². The molecule has 0 spiro atoms. The van der Waals surface area contributed by atoms with Crippen molar-refractivity contribution in [2.24, 2.45) is 11.7 Å². The first-order valence-corrected chi connectivity index (χ1v) is 6.64. The van der Waals surface area contributed by atoms with Gasteiger partial charge in [0.2, 0.25) is 11.8 Å². The van der Waals surface area contributed by atoms with E-state index >= 15 is 0 Å². The van der Waals surface area contributed by atoms with Crippen LogP contribution in [0.2, 0.25) is 0 Å². The van der Waals surface area contributed by atoms with Gasteiger partial charge in [-0.05, 0) is 12.8 Å². The molecule has 0 aliphatic carbocycles. The number of nitrogens with one attached hydrogen (secondary N) is 2. The Morgan fingerprint density at radius 1 is 1.06 bits per heavy atom. The molecular formula is C8H20N4O3S. The molecular weight excluding hydrogens is 232 g/mol. The molecule has 0 heterocycles. The fourth-order valence-electron chi connectivity index (χ4n) is 0.715. The second-order valence-corrected chi connectivity index (χ2v) is 4.57. The van der Waals surface area contributed by atoms with E-state index in [9.17, 15) is 14.1 Å². The highest BCUT2D eigenvalue weighted by atomic mass is 32.2. The van der Waals surface area contributed by atoms with Crippen LogP contribution >= 0.6 is 0 Å². The quantitative estimate of drug-likeness (QED) is 0.156. The maximum Gasteiger partial charge on any atom is 0.233 e. The van der Waals surface area contributed by atoms with Crippen LogP contribution in [0.5, 0.6) is 0 Å². The van der Waals surface area contributed by atoms with E-state index in [1.54, 1.807) is 12.5 Å². The molecule has 0 aliphatic rings. The van der Waals surface area contributed by atoms with Gasteiger partial charge in [0.25, 0.3) is 0 Å². The third-order valence-electron chi connectivity index (χ3n) is 1.38. The van der Waals surface area contributed by atoms with Gasteiger partial charge in [-0.2, -0.15) is 0 Å². The summed E-state index contributed by atoms with van der Waals surface area (Å²) in [5.74, 6) is 9.24. The molecule has 0 aliphatic heterocycles. The van der Waals surface area contributed by atoms with Gasteiger partial charge in [0.05, 0.1) is 12.5 Å². The molecule has 0 bridgehead atoms. The summed E-state index contributed by atoms with van der Waals surface area (Å²) in [5.41, 5.74) is 4.01. The Bertz CT molecular complexity index is 181. The first-order chi connectivity index (χ1) is 7.43. The lowest BCUT2D eigenvalue weighted by molar-refractivity contribution is -0.123. The number of hydrazine groups is 2. The summed E-state index contributed by atoms with van der Waals surface area (Å²) >= 11 is -0.611. The van der Waals surface area contributed by atoms with Gasteiger partial charge in [-0.1, -0.05) is 11.2 Å². The van der Waals surface area contributed by atoms with Gasteiger partial charge < -0.3 is 4.55 Å². The number of unbranched alkanes of at least 4 members (excludes halogenated alkanes) is 1. The predicted octanol–water partition coefficient (Wildman–Crippen LogP) is -1.48. The van der Waals surface area contributed by atoms with Gasteiger partial charge in [-0.15, -0.1) is 0 Å². The molecule has 0 aromatic rings. The first-order valence-electron chi connectivity index (χ1n) is 4.68. The molecule has 8 heteroatoms. The summed E-state index contributed by atoms with van der Waals surface area (Å²) in [4.78, 5) is 21.1. The summed E-state index contributed by atoms with van der Waals surface area (Å²) in [6.07, 6.45) is 5.23. The number of carbonyl (C=O) groups is 2. The summed E-state index contributed by atoms with van der Waals surface area (Å²) < 4.78 is 9.56. The molecule has 0 fully saturated rings. The molecule has 6 N–H and O–H groups in total. The van der Waals surface area contributed by atoms with Crippen LogP contribution in [0.4, 0.5) is 0 Å². The van der Waals surface area contributed by atoms with Gasteiger partial charge in [-0.25, -0.2) is 11.7 Å². The molecule has 0 radical (unpaired) electrons. The zero-order valence-electron chi connectivity index (χ0n) is 9.62. The molecule has 0 unspecified atom stereocenters. The Balaban J connectivity index is 0. The number of hydrogen-bond acceptors (Lipinski definition) is 5. The van der Waals surface area contributed by atoms with Gasteiger partial charge in [-0.3, -0.25) is 20.4 Å². The molecule has 2 amide bonds. The lowest BCUT2D eigenvalue weighted by atomic mass is 10.2. The van der Waals surface area contributed by atoms with E-state index < -0.39 is 11.2 Å². The molecule has 0 aromatic carbocycles. The smallest absolute Gasteiger partial charge is 0.233 e. The van der Waals surface area contributed by atoms with E-state index in [-0.39, 0.29) is 11.8 Å². The third kappa shape index (κ3) is 18.9. The van der Waals surface area contributed by atoms with E-state index in [4.69, 9.17) is 11.7 Å². The van der Waals surface area contributed by atoms with Crippen LogP contribution in [-0.4, -0.2) is 28.9 Å². The number of rotatable bonds is 5. The summed E-state index contributed by atoms with van der Waals surface area (Å²) in [6.45, 7) is 0. The zero-order valence-corrected chi connectivity index (χ0v) is 10.4. The Labute approximate surface area is 98.4 Å². The van der Waals surface area contributed by atoms with Crippen LogP contribution in [0.1, 0.15) is 25.7 Å². The Morgan fingerprint density at radius 3 is 1.50 bits per heavy atom. The summed E-state index contributed by atoms with van der Waals surface area (Å²) in [5, 5.41) is 0. The fraction of sp³-hybridized carbons (Fsp3) is 0.750. The second kappa shape index (κ2) is 12.2. The van der Waals surface area contributed by atoms with Crippen LogP contribution in [0.25, 0.3) is 0 Å². The van der Waals surface area contributed by atoms with E-state index in [1.165, 1.54) is 0 Å². The molecule has 0 aromatic heterocycles. The molecule has 7 nitrogen and oxygen atoms in total. The molecule has 0 rings (SSSR count). The van der Waals surface area contributed by atoms with Gasteiger partial charge in [0, 0.05) is 12.8 Å². The van der Waals surface area contributed by atoms with Crippen molar-refractivity contribution in [2.45, 2.75) is 25.7 Å². The average molecular weight is 252 g/mol. The van der Waals surface area contributed by atoms with Gasteiger partial charge in [0.1, 0.15) is 0 Å². The molecule has 0 saturated carbocycles. The van der Waals surface area contributed by atoms with E-state index in [1.807, 2.05) is 10.9 Å². The molecule has 0 atom stereocenters. The maximum absolute atomic E-state index is 10.6.